The lowest BCUT2D eigenvalue weighted by Crippen LogP contribution is -2.50. The van der Waals surface area contributed by atoms with Gasteiger partial charge in [-0.2, -0.15) is 0 Å². The molecule has 1 aliphatic heterocycles. The minimum atomic E-state index is -0.0339. The Morgan fingerprint density at radius 3 is 2.26 bits per heavy atom. The van der Waals surface area contributed by atoms with E-state index >= 15 is 0 Å². The number of ether oxygens (including phenoxy) is 2. The van der Waals surface area contributed by atoms with Crippen molar-refractivity contribution in [3.05, 3.63) is 60.2 Å². The molecule has 2 aromatic rings. The SMILES string of the molecule is COc1cccc(C(=O)N2CCN(C(=O)CCOc3ccccc3)CC2)c1. The minimum Gasteiger partial charge on any atom is -0.497 e. The third-order valence-electron chi connectivity index (χ3n) is 4.56. The molecule has 0 aromatic heterocycles. The maximum atomic E-state index is 12.6. The van der Waals surface area contributed by atoms with Crippen molar-refractivity contribution >= 4 is 11.8 Å². The maximum Gasteiger partial charge on any atom is 0.254 e. The molecule has 1 heterocycles. The molecule has 0 unspecified atom stereocenters. The molecule has 0 aliphatic carbocycles. The third kappa shape index (κ3) is 5.00. The summed E-state index contributed by atoms with van der Waals surface area (Å²) in [6.07, 6.45) is 0.332. The van der Waals surface area contributed by atoms with E-state index in [0.717, 1.165) is 5.75 Å². The summed E-state index contributed by atoms with van der Waals surface area (Å²) in [6, 6.07) is 16.6. The first kappa shape index (κ1) is 18.8. The number of carbonyl (C=O) groups is 2. The summed E-state index contributed by atoms with van der Waals surface area (Å²) in [5, 5.41) is 0. The van der Waals surface area contributed by atoms with E-state index in [1.165, 1.54) is 0 Å². The highest BCUT2D eigenvalue weighted by atomic mass is 16.5. The van der Waals surface area contributed by atoms with E-state index < -0.39 is 0 Å². The Morgan fingerprint density at radius 1 is 0.889 bits per heavy atom. The number of nitrogens with zero attached hydrogens (tertiary/aromatic N) is 2. The van der Waals surface area contributed by atoms with Crippen molar-refractivity contribution in [2.24, 2.45) is 0 Å². The first-order chi connectivity index (χ1) is 13.2. The number of amides is 2. The van der Waals surface area contributed by atoms with E-state index in [9.17, 15) is 9.59 Å². The Hall–Kier alpha value is -3.02. The van der Waals surface area contributed by atoms with E-state index in [-0.39, 0.29) is 11.8 Å². The molecule has 1 fully saturated rings. The molecule has 2 amide bonds. The van der Waals surface area contributed by atoms with Crippen LogP contribution in [-0.4, -0.2) is 61.5 Å². The molecular formula is C21H24N2O4. The van der Waals surface area contributed by atoms with Gasteiger partial charge in [-0.05, 0) is 30.3 Å². The molecule has 142 valence electrons. The van der Waals surface area contributed by atoms with E-state index in [0.29, 0.717) is 50.5 Å². The fourth-order valence-electron chi connectivity index (χ4n) is 3.03. The molecule has 27 heavy (non-hydrogen) atoms. The van der Waals surface area contributed by atoms with Crippen LogP contribution in [0.15, 0.2) is 54.6 Å². The monoisotopic (exact) mass is 368 g/mol. The molecule has 0 saturated carbocycles. The molecule has 1 aliphatic rings. The van der Waals surface area contributed by atoms with E-state index in [1.54, 1.807) is 35.1 Å². The lowest BCUT2D eigenvalue weighted by atomic mass is 10.1. The fraction of sp³-hybridized carbons (Fsp3) is 0.333. The summed E-state index contributed by atoms with van der Waals surface area (Å²) in [5.41, 5.74) is 0.602. The van der Waals surface area contributed by atoms with Crippen molar-refractivity contribution in [1.82, 2.24) is 9.80 Å². The summed E-state index contributed by atoms with van der Waals surface area (Å²) in [6.45, 7) is 2.49. The first-order valence-corrected chi connectivity index (χ1v) is 9.06. The van der Waals surface area contributed by atoms with Gasteiger partial charge in [0.15, 0.2) is 0 Å². The van der Waals surface area contributed by atoms with E-state index in [2.05, 4.69) is 0 Å². The van der Waals surface area contributed by atoms with Crippen LogP contribution >= 0.6 is 0 Å². The van der Waals surface area contributed by atoms with Crippen LogP contribution in [0.5, 0.6) is 11.5 Å². The smallest absolute Gasteiger partial charge is 0.254 e. The number of para-hydroxylation sites is 1. The van der Waals surface area contributed by atoms with Crippen LogP contribution in [0, 0.1) is 0 Å². The topological polar surface area (TPSA) is 59.1 Å². The molecule has 0 bridgehead atoms. The van der Waals surface area contributed by atoms with Crippen molar-refractivity contribution in [3.8, 4) is 11.5 Å². The molecular weight excluding hydrogens is 344 g/mol. The Morgan fingerprint density at radius 2 is 1.56 bits per heavy atom. The van der Waals surface area contributed by atoms with Crippen LogP contribution in [0.4, 0.5) is 0 Å². The van der Waals surface area contributed by atoms with Crippen molar-refractivity contribution in [2.75, 3.05) is 39.9 Å². The molecule has 0 atom stereocenters. The summed E-state index contributed by atoms with van der Waals surface area (Å²) >= 11 is 0. The van der Waals surface area contributed by atoms with Gasteiger partial charge < -0.3 is 19.3 Å². The molecule has 6 heteroatoms. The number of piperazine rings is 1. The number of methoxy groups -OCH3 is 1. The van der Waals surface area contributed by atoms with Gasteiger partial charge in [0.1, 0.15) is 11.5 Å². The molecule has 2 aromatic carbocycles. The van der Waals surface area contributed by atoms with Gasteiger partial charge in [-0.25, -0.2) is 0 Å². The maximum absolute atomic E-state index is 12.6. The molecule has 0 radical (unpaired) electrons. The van der Waals surface area contributed by atoms with E-state index in [4.69, 9.17) is 9.47 Å². The average molecular weight is 368 g/mol. The quantitative estimate of drug-likeness (QED) is 0.786. The van der Waals surface area contributed by atoms with Gasteiger partial charge in [0.25, 0.3) is 5.91 Å². The second kappa shape index (κ2) is 9.07. The molecule has 1 saturated heterocycles. The zero-order valence-corrected chi connectivity index (χ0v) is 15.5. The third-order valence-corrected chi connectivity index (χ3v) is 4.56. The Labute approximate surface area is 159 Å². The zero-order chi connectivity index (χ0) is 19.1. The van der Waals surface area contributed by atoms with Crippen LogP contribution in [0.2, 0.25) is 0 Å². The van der Waals surface area contributed by atoms with Gasteiger partial charge in [-0.3, -0.25) is 9.59 Å². The van der Waals surface area contributed by atoms with Gasteiger partial charge in [0.2, 0.25) is 5.91 Å². The van der Waals surface area contributed by atoms with Gasteiger partial charge in [-0.1, -0.05) is 24.3 Å². The summed E-state index contributed by atoms with van der Waals surface area (Å²) in [7, 11) is 1.58. The van der Waals surface area contributed by atoms with Gasteiger partial charge >= 0.3 is 0 Å². The summed E-state index contributed by atoms with van der Waals surface area (Å²) in [5.74, 6) is 1.44. The largest absolute Gasteiger partial charge is 0.497 e. The van der Waals surface area contributed by atoms with Crippen molar-refractivity contribution < 1.29 is 19.1 Å². The molecule has 0 spiro atoms. The Kier molecular flexibility index (Phi) is 6.30. The average Bonchev–Trinajstić information content (AvgIpc) is 2.74. The second-order valence-electron chi connectivity index (χ2n) is 6.32. The van der Waals surface area contributed by atoms with Crippen LogP contribution in [0.25, 0.3) is 0 Å². The fourth-order valence-corrected chi connectivity index (χ4v) is 3.03. The number of rotatable bonds is 6. The van der Waals surface area contributed by atoms with Gasteiger partial charge in [0.05, 0.1) is 20.1 Å². The first-order valence-electron chi connectivity index (χ1n) is 9.06. The van der Waals surface area contributed by atoms with Crippen LogP contribution < -0.4 is 9.47 Å². The van der Waals surface area contributed by atoms with Gasteiger partial charge in [0, 0.05) is 31.7 Å². The number of benzene rings is 2. The highest BCUT2D eigenvalue weighted by Crippen LogP contribution is 2.16. The van der Waals surface area contributed by atoms with E-state index in [1.807, 2.05) is 36.4 Å². The standard InChI is InChI=1S/C21H24N2O4/c1-26-19-9-5-6-17(16-19)21(25)23-13-11-22(12-14-23)20(24)10-15-27-18-7-3-2-4-8-18/h2-9,16H,10-15H2,1H3. The van der Waals surface area contributed by atoms with Crippen molar-refractivity contribution in [3.63, 3.8) is 0 Å². The molecule has 3 rings (SSSR count). The zero-order valence-electron chi connectivity index (χ0n) is 15.5. The highest BCUT2D eigenvalue weighted by Gasteiger charge is 2.24. The van der Waals surface area contributed by atoms with Crippen molar-refractivity contribution in [2.45, 2.75) is 6.42 Å². The lowest BCUT2D eigenvalue weighted by molar-refractivity contribution is -0.133. The van der Waals surface area contributed by atoms with Crippen LogP contribution in [0.1, 0.15) is 16.8 Å². The Balaban J connectivity index is 1.45. The molecule has 0 N–H and O–H groups in total. The minimum absolute atomic E-state index is 0.0339. The summed E-state index contributed by atoms with van der Waals surface area (Å²) in [4.78, 5) is 28.5. The van der Waals surface area contributed by atoms with Crippen LogP contribution in [-0.2, 0) is 4.79 Å². The Bertz CT molecular complexity index is 771. The van der Waals surface area contributed by atoms with Crippen molar-refractivity contribution in [1.29, 1.82) is 0 Å². The molecule has 6 nitrogen and oxygen atoms in total. The predicted molar refractivity (Wildman–Crippen MR) is 102 cm³/mol. The predicted octanol–water partition coefficient (Wildman–Crippen LogP) is 2.45. The second-order valence-corrected chi connectivity index (χ2v) is 6.32. The summed E-state index contributed by atoms with van der Waals surface area (Å²) < 4.78 is 10.8. The number of carbonyl (C=O) groups excluding carboxylic acids is 2. The van der Waals surface area contributed by atoms with Crippen LogP contribution in [0.3, 0.4) is 0 Å². The number of hydrogen-bond acceptors (Lipinski definition) is 4. The number of hydrogen-bond donors (Lipinski definition) is 0. The lowest BCUT2D eigenvalue weighted by Gasteiger charge is -2.35. The highest BCUT2D eigenvalue weighted by molar-refractivity contribution is 5.94. The normalized spacial score (nSPS) is 14.0. The van der Waals surface area contributed by atoms with Gasteiger partial charge in [-0.15, -0.1) is 0 Å².